The highest BCUT2D eigenvalue weighted by molar-refractivity contribution is 5.92. The molecule has 0 saturated heterocycles. The molecule has 2 N–H and O–H groups in total. The molecule has 1 aliphatic rings. The molecule has 2 heterocycles. The molecular formula is C12H14N6O3. The fourth-order valence-corrected chi connectivity index (χ4v) is 2.02. The van der Waals surface area contributed by atoms with Crippen molar-refractivity contribution in [3.63, 3.8) is 0 Å². The van der Waals surface area contributed by atoms with Crippen molar-refractivity contribution >= 4 is 11.9 Å². The van der Waals surface area contributed by atoms with Crippen LogP contribution < -0.4 is 5.32 Å². The molecule has 0 atom stereocenters. The first-order valence-corrected chi connectivity index (χ1v) is 6.50. The van der Waals surface area contributed by atoms with Crippen molar-refractivity contribution in [2.75, 3.05) is 0 Å². The summed E-state index contributed by atoms with van der Waals surface area (Å²) in [6.07, 6.45) is 5.19. The van der Waals surface area contributed by atoms with Gasteiger partial charge in [-0.2, -0.15) is 0 Å². The van der Waals surface area contributed by atoms with Crippen LogP contribution in [0.5, 0.6) is 0 Å². The van der Waals surface area contributed by atoms with E-state index < -0.39 is 5.97 Å². The Morgan fingerprint density at radius 2 is 2.24 bits per heavy atom. The van der Waals surface area contributed by atoms with Crippen molar-refractivity contribution in [1.82, 2.24) is 29.9 Å². The first-order valence-electron chi connectivity index (χ1n) is 6.50. The maximum atomic E-state index is 11.9. The highest BCUT2D eigenvalue weighted by atomic mass is 16.4. The summed E-state index contributed by atoms with van der Waals surface area (Å²) in [6.45, 7) is -0.0844. The lowest BCUT2D eigenvalue weighted by atomic mass is 10.3. The van der Waals surface area contributed by atoms with E-state index in [1.807, 2.05) is 0 Å². The predicted molar refractivity (Wildman–Crippen MR) is 70.3 cm³/mol. The lowest BCUT2D eigenvalue weighted by molar-refractivity contribution is -0.122. The minimum atomic E-state index is -1.21. The van der Waals surface area contributed by atoms with Gasteiger partial charge in [-0.25, -0.2) is 14.5 Å². The molecule has 0 aliphatic heterocycles. The van der Waals surface area contributed by atoms with Gasteiger partial charge in [-0.3, -0.25) is 4.79 Å². The van der Waals surface area contributed by atoms with Gasteiger partial charge in [-0.15, -0.1) is 5.10 Å². The zero-order valence-corrected chi connectivity index (χ0v) is 11.4. The van der Waals surface area contributed by atoms with Gasteiger partial charge >= 0.3 is 5.97 Å². The van der Waals surface area contributed by atoms with E-state index in [1.54, 1.807) is 24.0 Å². The van der Waals surface area contributed by atoms with Gasteiger partial charge in [0.05, 0.1) is 0 Å². The number of aromatic carboxylic acids is 1. The third kappa shape index (κ3) is 2.62. The first kappa shape index (κ1) is 13.3. The molecule has 1 fully saturated rings. The Morgan fingerprint density at radius 3 is 2.81 bits per heavy atom. The molecule has 3 rings (SSSR count). The molecule has 9 heteroatoms. The van der Waals surface area contributed by atoms with Crippen LogP contribution in [0, 0.1) is 0 Å². The fourth-order valence-electron chi connectivity index (χ4n) is 2.02. The molecule has 0 bridgehead atoms. The van der Waals surface area contributed by atoms with Crippen molar-refractivity contribution in [3.8, 4) is 11.5 Å². The summed E-state index contributed by atoms with van der Waals surface area (Å²) >= 11 is 0. The number of nitrogens with zero attached hydrogens (tertiary/aromatic N) is 5. The first-order chi connectivity index (χ1) is 10.1. The zero-order chi connectivity index (χ0) is 15.0. The second-order valence-electron chi connectivity index (χ2n) is 4.95. The second kappa shape index (κ2) is 5.00. The molecule has 0 radical (unpaired) electrons. The number of amides is 1. The van der Waals surface area contributed by atoms with Crippen LogP contribution in [0.25, 0.3) is 11.5 Å². The van der Waals surface area contributed by atoms with Crippen LogP contribution in [0.2, 0.25) is 0 Å². The minimum Gasteiger partial charge on any atom is -0.476 e. The van der Waals surface area contributed by atoms with Crippen molar-refractivity contribution in [1.29, 1.82) is 0 Å². The number of carbonyl (C=O) groups is 2. The summed E-state index contributed by atoms with van der Waals surface area (Å²) in [6, 6.07) is 0.233. The van der Waals surface area contributed by atoms with Crippen LogP contribution in [-0.2, 0) is 18.4 Å². The molecule has 1 aliphatic carbocycles. The molecule has 2 aromatic rings. The lowest BCUT2D eigenvalue weighted by Gasteiger charge is -2.07. The third-order valence-electron chi connectivity index (χ3n) is 3.21. The smallest absolute Gasteiger partial charge is 0.358 e. The van der Waals surface area contributed by atoms with Crippen molar-refractivity contribution in [3.05, 3.63) is 18.1 Å². The molecule has 1 amide bonds. The van der Waals surface area contributed by atoms with Gasteiger partial charge in [-0.05, 0) is 12.8 Å². The van der Waals surface area contributed by atoms with E-state index >= 15 is 0 Å². The Morgan fingerprint density at radius 1 is 1.48 bits per heavy atom. The molecule has 21 heavy (non-hydrogen) atoms. The number of aromatic nitrogens is 5. The Hall–Kier alpha value is -2.71. The molecule has 0 spiro atoms. The Bertz CT molecular complexity index is 700. The minimum absolute atomic E-state index is 0.0844. The van der Waals surface area contributed by atoms with E-state index in [9.17, 15) is 14.7 Å². The normalized spacial score (nSPS) is 14.1. The summed E-state index contributed by atoms with van der Waals surface area (Å²) < 4.78 is 2.92. The van der Waals surface area contributed by atoms with E-state index in [4.69, 9.17) is 0 Å². The van der Waals surface area contributed by atoms with Gasteiger partial charge in [0.1, 0.15) is 12.2 Å². The zero-order valence-electron chi connectivity index (χ0n) is 11.4. The molecule has 0 aromatic carbocycles. The van der Waals surface area contributed by atoms with Crippen LogP contribution in [0.3, 0.4) is 0 Å². The number of imidazole rings is 1. The van der Waals surface area contributed by atoms with Crippen LogP contribution >= 0.6 is 0 Å². The number of hydrogen-bond acceptors (Lipinski definition) is 5. The molecule has 1 saturated carbocycles. The van der Waals surface area contributed by atoms with Gasteiger partial charge in [-0.1, -0.05) is 5.21 Å². The fraction of sp³-hybridized carbons (Fsp3) is 0.417. The average Bonchev–Trinajstić information content (AvgIpc) is 2.97. The van der Waals surface area contributed by atoms with Crippen LogP contribution in [0.4, 0.5) is 0 Å². The molecule has 110 valence electrons. The average molecular weight is 290 g/mol. The van der Waals surface area contributed by atoms with E-state index in [-0.39, 0.29) is 29.9 Å². The molecular weight excluding hydrogens is 276 g/mol. The van der Waals surface area contributed by atoms with Gasteiger partial charge in [0, 0.05) is 25.5 Å². The van der Waals surface area contributed by atoms with Gasteiger partial charge in [0.25, 0.3) is 0 Å². The third-order valence-corrected chi connectivity index (χ3v) is 3.21. The van der Waals surface area contributed by atoms with Crippen molar-refractivity contribution < 1.29 is 14.7 Å². The topological polar surface area (TPSA) is 115 Å². The molecule has 0 unspecified atom stereocenters. The highest BCUT2D eigenvalue weighted by Gasteiger charge is 2.27. The van der Waals surface area contributed by atoms with Gasteiger partial charge in [0.15, 0.2) is 5.82 Å². The maximum absolute atomic E-state index is 11.9. The Kier molecular flexibility index (Phi) is 3.16. The maximum Gasteiger partial charge on any atom is 0.358 e. The highest BCUT2D eigenvalue weighted by Crippen LogP contribution is 2.21. The Labute approximate surface area is 119 Å². The summed E-state index contributed by atoms with van der Waals surface area (Å²) in [5.41, 5.74) is 0.00414. The largest absolute Gasteiger partial charge is 0.476 e. The molecule has 2 aromatic heterocycles. The van der Waals surface area contributed by atoms with E-state index in [0.29, 0.717) is 5.82 Å². The van der Waals surface area contributed by atoms with Crippen LogP contribution in [0.1, 0.15) is 23.3 Å². The van der Waals surface area contributed by atoms with Gasteiger partial charge < -0.3 is 15.0 Å². The number of rotatable bonds is 5. The van der Waals surface area contributed by atoms with Crippen LogP contribution in [0.15, 0.2) is 12.4 Å². The van der Waals surface area contributed by atoms with Gasteiger partial charge in [0.2, 0.25) is 11.6 Å². The number of carbonyl (C=O) groups excluding carboxylic acids is 1. The van der Waals surface area contributed by atoms with Crippen molar-refractivity contribution in [2.24, 2.45) is 7.05 Å². The van der Waals surface area contributed by atoms with E-state index in [1.165, 1.54) is 4.68 Å². The molecule has 9 nitrogen and oxygen atoms in total. The Balaban J connectivity index is 1.94. The van der Waals surface area contributed by atoms with E-state index in [2.05, 4.69) is 20.6 Å². The standard InChI is InChI=1S/C12H14N6O3/c1-17-5-4-13-11(17)10-9(12(20)21)15-16-18(10)6-8(19)14-7-2-3-7/h4-5,7H,2-3,6H2,1H3,(H,14,19)(H,20,21). The SMILES string of the molecule is Cn1ccnc1-c1c(C(=O)O)nnn1CC(=O)NC1CC1. The summed E-state index contributed by atoms with van der Waals surface area (Å²) in [5, 5.41) is 19.4. The predicted octanol–water partition coefficient (Wildman–Crippen LogP) is -0.345. The van der Waals surface area contributed by atoms with Crippen molar-refractivity contribution in [2.45, 2.75) is 25.4 Å². The number of hydrogen-bond donors (Lipinski definition) is 2. The number of aryl methyl sites for hydroxylation is 1. The quantitative estimate of drug-likeness (QED) is 0.778. The summed E-state index contributed by atoms with van der Waals surface area (Å²) in [5.74, 6) is -1.02. The number of carboxylic acid groups (broad SMARTS) is 1. The van der Waals surface area contributed by atoms with Crippen LogP contribution in [-0.4, -0.2) is 47.6 Å². The van der Waals surface area contributed by atoms with E-state index in [0.717, 1.165) is 12.8 Å². The monoisotopic (exact) mass is 290 g/mol. The summed E-state index contributed by atoms with van der Waals surface area (Å²) in [7, 11) is 1.73. The summed E-state index contributed by atoms with van der Waals surface area (Å²) in [4.78, 5) is 27.2. The lowest BCUT2D eigenvalue weighted by Crippen LogP contribution is -2.30. The number of carboxylic acids is 1. The second-order valence-corrected chi connectivity index (χ2v) is 4.95. The number of nitrogens with one attached hydrogen (secondary N) is 1.